The van der Waals surface area contributed by atoms with Gasteiger partial charge < -0.3 is 5.32 Å². The number of benzene rings is 1. The molecule has 1 nitrogen and oxygen atoms in total. The first kappa shape index (κ1) is 12.0. The lowest BCUT2D eigenvalue weighted by Crippen LogP contribution is -2.05. The molecule has 0 aliphatic heterocycles. The second-order valence-corrected chi connectivity index (χ2v) is 3.79. The molecule has 0 aliphatic rings. The molecular weight excluding hydrogens is 182 g/mol. The highest BCUT2D eigenvalue weighted by molar-refractivity contribution is 5.49. The second-order valence-electron chi connectivity index (χ2n) is 3.79. The van der Waals surface area contributed by atoms with E-state index < -0.39 is 0 Å². The van der Waals surface area contributed by atoms with Crippen molar-refractivity contribution < 1.29 is 0 Å². The molecule has 82 valence electrons. The summed E-state index contributed by atoms with van der Waals surface area (Å²) in [6, 6.07) is 8.84. The Morgan fingerprint density at radius 3 is 2.53 bits per heavy atom. The summed E-state index contributed by atoms with van der Waals surface area (Å²) in [7, 11) is 1.98. The minimum Gasteiger partial charge on any atom is -0.319 e. The maximum absolute atomic E-state index is 3.13. The standard InChI is InChI=1S/C14H21N/c1-3-6-13-8-10-14(11-9-13)7-4-5-12-15-2/h4,7-11,15H,3,5-6,12H2,1-2H3. The van der Waals surface area contributed by atoms with Gasteiger partial charge in [-0.25, -0.2) is 0 Å². The van der Waals surface area contributed by atoms with Crippen LogP contribution in [0.25, 0.3) is 6.08 Å². The molecule has 0 amide bonds. The Labute approximate surface area is 93.2 Å². The third-order valence-electron chi connectivity index (χ3n) is 2.39. The third kappa shape index (κ3) is 4.80. The quantitative estimate of drug-likeness (QED) is 0.700. The zero-order valence-electron chi connectivity index (χ0n) is 9.79. The van der Waals surface area contributed by atoms with Gasteiger partial charge in [0.2, 0.25) is 0 Å². The van der Waals surface area contributed by atoms with Gasteiger partial charge in [0.25, 0.3) is 0 Å². The average molecular weight is 203 g/mol. The first-order chi connectivity index (χ1) is 7.36. The van der Waals surface area contributed by atoms with Crippen LogP contribution in [0.3, 0.4) is 0 Å². The Morgan fingerprint density at radius 2 is 1.93 bits per heavy atom. The summed E-state index contributed by atoms with van der Waals surface area (Å²) in [6.07, 6.45) is 7.90. The largest absolute Gasteiger partial charge is 0.319 e. The zero-order chi connectivity index (χ0) is 10.9. The molecule has 1 heteroatoms. The van der Waals surface area contributed by atoms with Crippen molar-refractivity contribution in [1.29, 1.82) is 0 Å². The second kappa shape index (κ2) is 7.24. The van der Waals surface area contributed by atoms with Crippen LogP contribution in [-0.4, -0.2) is 13.6 Å². The fraction of sp³-hybridized carbons (Fsp3) is 0.429. The molecule has 0 heterocycles. The van der Waals surface area contributed by atoms with Crippen molar-refractivity contribution in [3.63, 3.8) is 0 Å². The normalized spacial score (nSPS) is 11.1. The lowest BCUT2D eigenvalue weighted by Gasteiger charge is -1.99. The van der Waals surface area contributed by atoms with Crippen molar-refractivity contribution in [2.75, 3.05) is 13.6 Å². The number of rotatable bonds is 6. The summed E-state index contributed by atoms with van der Waals surface area (Å²) in [4.78, 5) is 0. The van der Waals surface area contributed by atoms with Crippen LogP contribution in [0.1, 0.15) is 30.9 Å². The van der Waals surface area contributed by atoms with E-state index in [9.17, 15) is 0 Å². The highest BCUT2D eigenvalue weighted by atomic mass is 14.8. The predicted octanol–water partition coefficient (Wildman–Crippen LogP) is 3.26. The first-order valence-corrected chi connectivity index (χ1v) is 5.77. The minimum absolute atomic E-state index is 1.05. The highest BCUT2D eigenvalue weighted by Crippen LogP contribution is 2.08. The Balaban J connectivity index is 2.45. The van der Waals surface area contributed by atoms with Crippen molar-refractivity contribution in [2.24, 2.45) is 0 Å². The number of hydrogen-bond acceptors (Lipinski definition) is 1. The van der Waals surface area contributed by atoms with Crippen molar-refractivity contribution in [3.8, 4) is 0 Å². The van der Waals surface area contributed by atoms with Crippen molar-refractivity contribution in [1.82, 2.24) is 5.32 Å². The molecule has 0 aliphatic carbocycles. The molecule has 0 atom stereocenters. The van der Waals surface area contributed by atoms with E-state index in [2.05, 4.69) is 48.7 Å². The van der Waals surface area contributed by atoms with Crippen LogP contribution < -0.4 is 5.32 Å². The smallest absolute Gasteiger partial charge is 0.00172 e. The summed E-state index contributed by atoms with van der Waals surface area (Å²) >= 11 is 0. The van der Waals surface area contributed by atoms with E-state index >= 15 is 0 Å². The maximum Gasteiger partial charge on any atom is -0.00172 e. The van der Waals surface area contributed by atoms with E-state index in [0.29, 0.717) is 0 Å². The van der Waals surface area contributed by atoms with Crippen LogP contribution in [0.4, 0.5) is 0 Å². The summed E-state index contributed by atoms with van der Waals surface area (Å²) in [5.74, 6) is 0. The van der Waals surface area contributed by atoms with Gasteiger partial charge in [0, 0.05) is 0 Å². The Kier molecular flexibility index (Phi) is 5.79. The van der Waals surface area contributed by atoms with Gasteiger partial charge in [-0.05, 0) is 37.6 Å². The fourth-order valence-corrected chi connectivity index (χ4v) is 1.53. The topological polar surface area (TPSA) is 12.0 Å². The summed E-state index contributed by atoms with van der Waals surface area (Å²) in [5.41, 5.74) is 2.73. The molecule has 1 rings (SSSR count). The lowest BCUT2D eigenvalue weighted by atomic mass is 10.1. The molecule has 15 heavy (non-hydrogen) atoms. The van der Waals surface area contributed by atoms with Gasteiger partial charge >= 0.3 is 0 Å². The molecule has 0 radical (unpaired) electrons. The fourth-order valence-electron chi connectivity index (χ4n) is 1.53. The predicted molar refractivity (Wildman–Crippen MR) is 68.0 cm³/mol. The van der Waals surface area contributed by atoms with Gasteiger partial charge in [0.15, 0.2) is 0 Å². The molecule has 0 saturated heterocycles. The van der Waals surface area contributed by atoms with E-state index in [1.807, 2.05) is 7.05 Å². The van der Waals surface area contributed by atoms with Crippen LogP contribution in [0.5, 0.6) is 0 Å². The molecule has 1 N–H and O–H groups in total. The van der Waals surface area contributed by atoms with E-state index in [1.54, 1.807) is 0 Å². The SMILES string of the molecule is CCCc1ccc(C=CCCNC)cc1. The highest BCUT2D eigenvalue weighted by Gasteiger charge is 1.90. The van der Waals surface area contributed by atoms with Crippen LogP contribution in [0, 0.1) is 0 Å². The number of hydrogen-bond donors (Lipinski definition) is 1. The average Bonchev–Trinajstić information content (AvgIpc) is 2.27. The van der Waals surface area contributed by atoms with E-state index in [4.69, 9.17) is 0 Å². The molecule has 0 bridgehead atoms. The van der Waals surface area contributed by atoms with Crippen LogP contribution >= 0.6 is 0 Å². The number of aryl methyl sites for hydroxylation is 1. The summed E-state index contributed by atoms with van der Waals surface area (Å²) in [5, 5.41) is 3.13. The Bertz CT molecular complexity index is 285. The molecule has 0 fully saturated rings. The van der Waals surface area contributed by atoms with Gasteiger partial charge in [-0.3, -0.25) is 0 Å². The minimum atomic E-state index is 1.05. The maximum atomic E-state index is 3.13. The van der Waals surface area contributed by atoms with Gasteiger partial charge in [0.05, 0.1) is 0 Å². The first-order valence-electron chi connectivity index (χ1n) is 5.77. The molecule has 0 saturated carbocycles. The van der Waals surface area contributed by atoms with E-state index in [0.717, 1.165) is 13.0 Å². The zero-order valence-corrected chi connectivity index (χ0v) is 9.79. The molecule has 1 aromatic carbocycles. The summed E-state index contributed by atoms with van der Waals surface area (Å²) in [6.45, 7) is 3.26. The lowest BCUT2D eigenvalue weighted by molar-refractivity contribution is 0.809. The summed E-state index contributed by atoms with van der Waals surface area (Å²) < 4.78 is 0. The van der Waals surface area contributed by atoms with Gasteiger partial charge in [0.1, 0.15) is 0 Å². The van der Waals surface area contributed by atoms with E-state index in [-0.39, 0.29) is 0 Å². The monoisotopic (exact) mass is 203 g/mol. The molecule has 0 unspecified atom stereocenters. The van der Waals surface area contributed by atoms with Gasteiger partial charge in [-0.15, -0.1) is 0 Å². The Hall–Kier alpha value is -1.08. The third-order valence-corrected chi connectivity index (χ3v) is 2.39. The molecular formula is C14H21N. The number of nitrogens with one attached hydrogen (secondary N) is 1. The van der Waals surface area contributed by atoms with Crippen molar-refractivity contribution in [3.05, 3.63) is 41.5 Å². The van der Waals surface area contributed by atoms with Gasteiger partial charge in [-0.1, -0.05) is 49.8 Å². The molecule has 0 spiro atoms. The van der Waals surface area contributed by atoms with E-state index in [1.165, 1.54) is 24.0 Å². The van der Waals surface area contributed by atoms with Crippen LogP contribution in [0.15, 0.2) is 30.3 Å². The molecule has 1 aromatic rings. The van der Waals surface area contributed by atoms with Crippen LogP contribution in [-0.2, 0) is 6.42 Å². The van der Waals surface area contributed by atoms with Crippen molar-refractivity contribution >= 4 is 6.08 Å². The van der Waals surface area contributed by atoms with Crippen molar-refractivity contribution in [2.45, 2.75) is 26.2 Å². The molecule has 0 aromatic heterocycles. The Morgan fingerprint density at radius 1 is 1.20 bits per heavy atom. The van der Waals surface area contributed by atoms with Gasteiger partial charge in [-0.2, -0.15) is 0 Å². The van der Waals surface area contributed by atoms with Crippen LogP contribution in [0.2, 0.25) is 0 Å².